The number of oxime groups is 1. The molecule has 0 saturated carbocycles. The van der Waals surface area contributed by atoms with E-state index in [4.69, 9.17) is 16.4 Å². The van der Waals surface area contributed by atoms with Crippen LogP contribution in [0.3, 0.4) is 0 Å². The van der Waals surface area contributed by atoms with E-state index in [9.17, 15) is 9.50 Å². The molecule has 0 spiro atoms. The zero-order chi connectivity index (χ0) is 19.2. The first-order chi connectivity index (χ1) is 13.0. The minimum absolute atomic E-state index is 0.0832. The molecule has 0 saturated heterocycles. The molecule has 1 aliphatic rings. The summed E-state index contributed by atoms with van der Waals surface area (Å²) in [6, 6.07) is 14.0. The molecule has 0 fully saturated rings. The first kappa shape index (κ1) is 19.8. The largest absolute Gasteiger partial charge is 0.392 e. The summed E-state index contributed by atoms with van der Waals surface area (Å²) in [4.78, 5) is 7.76. The maximum atomic E-state index is 13.1. The van der Waals surface area contributed by atoms with Gasteiger partial charge in [0.25, 0.3) is 0 Å². The summed E-state index contributed by atoms with van der Waals surface area (Å²) >= 11 is 5.94. The van der Waals surface area contributed by atoms with E-state index in [0.29, 0.717) is 37.5 Å². The van der Waals surface area contributed by atoms with E-state index in [1.807, 2.05) is 31.2 Å². The van der Waals surface area contributed by atoms with Crippen molar-refractivity contribution in [2.24, 2.45) is 5.16 Å². The van der Waals surface area contributed by atoms with Crippen LogP contribution in [0, 0.1) is 5.82 Å². The molecular formula is C21H24ClFN2O2. The summed E-state index contributed by atoms with van der Waals surface area (Å²) < 4.78 is 13.1. The third-order valence-electron chi connectivity index (χ3n) is 4.63. The lowest BCUT2D eigenvalue weighted by Gasteiger charge is -2.26. The summed E-state index contributed by atoms with van der Waals surface area (Å²) in [5.74, 6) is -0.251. The number of hydrogen-bond donors (Lipinski definition) is 1. The van der Waals surface area contributed by atoms with Gasteiger partial charge in [-0.3, -0.25) is 4.90 Å². The van der Waals surface area contributed by atoms with Crippen molar-refractivity contribution >= 4 is 17.3 Å². The second-order valence-corrected chi connectivity index (χ2v) is 7.30. The molecule has 2 aromatic rings. The number of hydrogen-bond acceptors (Lipinski definition) is 4. The third kappa shape index (κ3) is 5.76. The minimum atomic E-state index is -0.413. The average molecular weight is 391 g/mol. The van der Waals surface area contributed by atoms with Gasteiger partial charge in [-0.15, -0.1) is 0 Å². The maximum Gasteiger partial charge on any atom is 0.145 e. The smallest absolute Gasteiger partial charge is 0.145 e. The summed E-state index contributed by atoms with van der Waals surface area (Å²) in [6.45, 7) is 3.74. The Hall–Kier alpha value is -1.95. The molecule has 2 unspecified atom stereocenters. The Kier molecular flexibility index (Phi) is 6.83. The van der Waals surface area contributed by atoms with Crippen molar-refractivity contribution < 1.29 is 14.3 Å². The molecule has 0 aliphatic carbocycles. The van der Waals surface area contributed by atoms with E-state index in [1.54, 1.807) is 12.1 Å². The number of benzene rings is 2. The molecule has 0 amide bonds. The molecule has 0 radical (unpaired) electrons. The number of aliphatic hydroxyl groups is 1. The van der Waals surface area contributed by atoms with Gasteiger partial charge in [0.15, 0.2) is 0 Å². The van der Waals surface area contributed by atoms with Gasteiger partial charge >= 0.3 is 0 Å². The summed E-state index contributed by atoms with van der Waals surface area (Å²) in [7, 11) is 0. The zero-order valence-electron chi connectivity index (χ0n) is 15.3. The van der Waals surface area contributed by atoms with Crippen molar-refractivity contribution in [3.05, 3.63) is 70.5 Å². The number of aliphatic hydroxyl groups excluding tert-OH is 1. The van der Waals surface area contributed by atoms with Crippen LogP contribution >= 0.6 is 11.6 Å². The van der Waals surface area contributed by atoms with Crippen LogP contribution in [0.1, 0.15) is 30.9 Å². The Balaban J connectivity index is 1.62. The fraction of sp³-hybridized carbons (Fsp3) is 0.381. The van der Waals surface area contributed by atoms with Gasteiger partial charge in [-0.05, 0) is 41.8 Å². The number of rotatable bonds is 8. The number of halogens is 2. The molecule has 27 heavy (non-hydrogen) atoms. The van der Waals surface area contributed by atoms with E-state index in [2.05, 4.69) is 10.1 Å². The maximum absolute atomic E-state index is 13.1. The van der Waals surface area contributed by atoms with Gasteiger partial charge in [-0.1, -0.05) is 47.9 Å². The normalized spacial score (nSPS) is 17.7. The highest BCUT2D eigenvalue weighted by Crippen LogP contribution is 2.20. The molecule has 2 atom stereocenters. The first-order valence-corrected chi connectivity index (χ1v) is 9.54. The van der Waals surface area contributed by atoms with E-state index in [0.717, 1.165) is 16.8 Å². The Morgan fingerprint density at radius 2 is 1.93 bits per heavy atom. The van der Waals surface area contributed by atoms with E-state index < -0.39 is 6.10 Å². The monoisotopic (exact) mass is 390 g/mol. The quantitative estimate of drug-likeness (QED) is 0.733. The van der Waals surface area contributed by atoms with Crippen molar-refractivity contribution in [1.29, 1.82) is 0 Å². The van der Waals surface area contributed by atoms with Crippen LogP contribution in [0.2, 0.25) is 5.02 Å². The summed E-state index contributed by atoms with van der Waals surface area (Å²) in [5.41, 5.74) is 2.89. The topological polar surface area (TPSA) is 45.1 Å². The lowest BCUT2D eigenvalue weighted by molar-refractivity contribution is 0.0315. The third-order valence-corrected chi connectivity index (χ3v) is 4.88. The van der Waals surface area contributed by atoms with Crippen LogP contribution in [0.25, 0.3) is 0 Å². The average Bonchev–Trinajstić information content (AvgIpc) is 3.12. The van der Waals surface area contributed by atoms with Gasteiger partial charge in [-0.2, -0.15) is 0 Å². The first-order valence-electron chi connectivity index (χ1n) is 9.17. The van der Waals surface area contributed by atoms with Crippen molar-refractivity contribution in [2.75, 3.05) is 13.1 Å². The summed E-state index contributed by atoms with van der Waals surface area (Å²) in [5, 5.41) is 15.0. The predicted molar refractivity (Wildman–Crippen MR) is 105 cm³/mol. The molecule has 4 nitrogen and oxygen atoms in total. The molecule has 1 aliphatic heterocycles. The molecule has 6 heteroatoms. The molecule has 2 aromatic carbocycles. The standard InChI is InChI=1S/C21H24ClFN2O2/c1-2-19(26)13-25(12-15-3-9-18(23)10-4-15)14-20-11-21(24-27-20)16-5-7-17(22)8-6-16/h3-10,19-20,26H,2,11-14H2,1H3. The van der Waals surface area contributed by atoms with Crippen molar-refractivity contribution in [3.8, 4) is 0 Å². The Morgan fingerprint density at radius 1 is 1.22 bits per heavy atom. The van der Waals surface area contributed by atoms with Crippen LogP contribution in [0.5, 0.6) is 0 Å². The molecule has 144 valence electrons. The van der Waals surface area contributed by atoms with Crippen LogP contribution in [-0.4, -0.2) is 41.0 Å². The fourth-order valence-corrected chi connectivity index (χ4v) is 3.23. The highest BCUT2D eigenvalue weighted by molar-refractivity contribution is 6.30. The lowest BCUT2D eigenvalue weighted by atomic mass is 10.0. The van der Waals surface area contributed by atoms with E-state index in [1.165, 1.54) is 12.1 Å². The van der Waals surface area contributed by atoms with Crippen molar-refractivity contribution in [2.45, 2.75) is 38.5 Å². The summed E-state index contributed by atoms with van der Waals surface area (Å²) in [6.07, 6.45) is 0.880. The van der Waals surface area contributed by atoms with Crippen molar-refractivity contribution in [1.82, 2.24) is 4.90 Å². The number of nitrogens with zero attached hydrogens (tertiary/aromatic N) is 2. The van der Waals surface area contributed by atoms with Gasteiger partial charge in [0.2, 0.25) is 0 Å². The highest BCUT2D eigenvalue weighted by Gasteiger charge is 2.25. The molecule has 3 rings (SSSR count). The SMILES string of the molecule is CCC(O)CN(Cc1ccc(F)cc1)CC1CC(c2ccc(Cl)cc2)=NO1. The van der Waals surface area contributed by atoms with Crippen LogP contribution in [-0.2, 0) is 11.4 Å². The fourth-order valence-electron chi connectivity index (χ4n) is 3.11. The van der Waals surface area contributed by atoms with Gasteiger partial charge in [0.05, 0.1) is 11.8 Å². The second-order valence-electron chi connectivity index (χ2n) is 6.86. The molecular weight excluding hydrogens is 367 g/mol. The van der Waals surface area contributed by atoms with Crippen LogP contribution in [0.15, 0.2) is 53.7 Å². The molecule has 0 aromatic heterocycles. The second kappa shape index (κ2) is 9.31. The predicted octanol–water partition coefficient (Wildman–Crippen LogP) is 4.25. The Bertz CT molecular complexity index is 765. The van der Waals surface area contributed by atoms with Crippen molar-refractivity contribution in [3.63, 3.8) is 0 Å². The highest BCUT2D eigenvalue weighted by atomic mass is 35.5. The molecule has 0 bridgehead atoms. The van der Waals surface area contributed by atoms with Crippen LogP contribution in [0.4, 0.5) is 4.39 Å². The van der Waals surface area contributed by atoms with Gasteiger partial charge in [0.1, 0.15) is 11.9 Å². The Morgan fingerprint density at radius 3 is 2.59 bits per heavy atom. The molecule has 1 N–H and O–H groups in total. The van der Waals surface area contributed by atoms with Gasteiger partial charge in [0, 0.05) is 31.1 Å². The minimum Gasteiger partial charge on any atom is -0.392 e. The lowest BCUT2D eigenvalue weighted by Crippen LogP contribution is -2.37. The Labute approximate surface area is 164 Å². The van der Waals surface area contributed by atoms with E-state index >= 15 is 0 Å². The van der Waals surface area contributed by atoms with Crippen LogP contribution < -0.4 is 0 Å². The van der Waals surface area contributed by atoms with E-state index in [-0.39, 0.29) is 11.9 Å². The van der Waals surface area contributed by atoms with Gasteiger partial charge < -0.3 is 9.94 Å². The molecule has 1 heterocycles. The zero-order valence-corrected chi connectivity index (χ0v) is 16.1. The van der Waals surface area contributed by atoms with Gasteiger partial charge in [-0.25, -0.2) is 4.39 Å².